The van der Waals surface area contributed by atoms with E-state index in [4.69, 9.17) is 18.9 Å². The fraction of sp³-hybridized carbons (Fsp3) is 0.242. The van der Waals surface area contributed by atoms with Crippen molar-refractivity contribution in [3.05, 3.63) is 124 Å². The Hall–Kier alpha value is -5.23. The first-order valence-electron chi connectivity index (χ1n) is 14.2. The molecule has 4 aromatic rings. The summed E-state index contributed by atoms with van der Waals surface area (Å²) in [6, 6.07) is 18.0. The Morgan fingerprint density at radius 3 is 2.49 bits per heavy atom. The van der Waals surface area contributed by atoms with E-state index in [-0.39, 0.29) is 24.5 Å². The number of para-hydroxylation sites is 1. The molecule has 1 aliphatic heterocycles. The summed E-state index contributed by atoms with van der Waals surface area (Å²) in [5.41, 5.74) is 2.23. The third-order valence-corrected chi connectivity index (χ3v) is 8.07. The van der Waals surface area contributed by atoms with Crippen molar-refractivity contribution < 1.29 is 28.7 Å². The SMILES string of the molecule is CCOC(=O)C1=C(C)N=c2s/c(=C/c3ccc(OCc4ccccc4[N+](=O)[O-])c(OCC)c3)c(=O)n2C1c1ccc(OC)cc1. The Morgan fingerprint density at radius 1 is 1.04 bits per heavy atom. The van der Waals surface area contributed by atoms with E-state index in [1.807, 2.05) is 19.1 Å². The van der Waals surface area contributed by atoms with Crippen LogP contribution in [-0.2, 0) is 16.1 Å². The molecule has 0 bridgehead atoms. The van der Waals surface area contributed by atoms with Crippen molar-refractivity contribution in [1.29, 1.82) is 0 Å². The number of benzene rings is 3. The number of methoxy groups -OCH3 is 1. The molecular formula is C33H31N3O8S. The Bertz CT molecular complexity index is 1960. The fourth-order valence-electron chi connectivity index (χ4n) is 5.01. The molecule has 0 saturated heterocycles. The Balaban J connectivity index is 1.54. The summed E-state index contributed by atoms with van der Waals surface area (Å²) < 4.78 is 24.3. The van der Waals surface area contributed by atoms with E-state index in [1.54, 1.807) is 75.6 Å². The van der Waals surface area contributed by atoms with E-state index >= 15 is 0 Å². The molecule has 1 aromatic heterocycles. The number of hydrogen-bond donors (Lipinski definition) is 0. The lowest BCUT2D eigenvalue weighted by atomic mass is 9.96. The van der Waals surface area contributed by atoms with E-state index in [1.165, 1.54) is 22.0 Å². The number of rotatable bonds is 11. The maximum absolute atomic E-state index is 14.0. The van der Waals surface area contributed by atoms with Gasteiger partial charge in [-0.25, -0.2) is 9.79 Å². The number of allylic oxidation sites excluding steroid dienone is 1. The largest absolute Gasteiger partial charge is 0.497 e. The monoisotopic (exact) mass is 629 g/mol. The number of carbonyl (C=O) groups excluding carboxylic acids is 1. The van der Waals surface area contributed by atoms with Crippen molar-refractivity contribution in [1.82, 2.24) is 4.57 Å². The van der Waals surface area contributed by atoms with Gasteiger partial charge in [0.25, 0.3) is 11.2 Å². The average molecular weight is 630 g/mol. The van der Waals surface area contributed by atoms with Crippen LogP contribution in [0.4, 0.5) is 5.69 Å². The van der Waals surface area contributed by atoms with Gasteiger partial charge in [-0.15, -0.1) is 0 Å². The highest BCUT2D eigenvalue weighted by Crippen LogP contribution is 2.33. The first-order chi connectivity index (χ1) is 21.7. The van der Waals surface area contributed by atoms with Gasteiger partial charge in [0.15, 0.2) is 16.3 Å². The number of carbonyl (C=O) groups is 1. The predicted octanol–water partition coefficient (Wildman–Crippen LogP) is 4.69. The maximum Gasteiger partial charge on any atom is 0.338 e. The zero-order valence-electron chi connectivity index (χ0n) is 25.1. The highest BCUT2D eigenvalue weighted by molar-refractivity contribution is 7.07. The van der Waals surface area contributed by atoms with E-state index in [0.29, 0.717) is 61.1 Å². The van der Waals surface area contributed by atoms with Gasteiger partial charge in [0, 0.05) is 6.07 Å². The molecule has 2 heterocycles. The summed E-state index contributed by atoms with van der Waals surface area (Å²) >= 11 is 1.21. The number of hydrogen-bond acceptors (Lipinski definition) is 10. The molecule has 0 N–H and O–H groups in total. The third-order valence-electron chi connectivity index (χ3n) is 7.09. The van der Waals surface area contributed by atoms with Crippen molar-refractivity contribution in [3.63, 3.8) is 0 Å². The topological polar surface area (TPSA) is 131 Å². The fourth-order valence-corrected chi connectivity index (χ4v) is 6.06. The lowest BCUT2D eigenvalue weighted by Crippen LogP contribution is -2.39. The third kappa shape index (κ3) is 6.50. The molecule has 3 aromatic carbocycles. The summed E-state index contributed by atoms with van der Waals surface area (Å²) in [7, 11) is 1.57. The lowest BCUT2D eigenvalue weighted by molar-refractivity contribution is -0.385. The van der Waals surface area contributed by atoms with E-state index in [2.05, 4.69) is 4.99 Å². The van der Waals surface area contributed by atoms with Gasteiger partial charge in [0.05, 0.1) is 52.7 Å². The number of aromatic nitrogens is 1. The minimum absolute atomic E-state index is 0.0251. The number of fused-ring (bicyclic) bond motifs is 1. The highest BCUT2D eigenvalue weighted by Gasteiger charge is 2.33. The van der Waals surface area contributed by atoms with E-state index in [0.717, 1.165) is 0 Å². The van der Waals surface area contributed by atoms with Crippen LogP contribution in [-0.4, -0.2) is 35.8 Å². The second kappa shape index (κ2) is 13.6. The maximum atomic E-state index is 14.0. The number of nitro benzene ring substituents is 1. The van der Waals surface area contributed by atoms with Gasteiger partial charge in [-0.3, -0.25) is 19.5 Å². The molecule has 1 aliphatic rings. The van der Waals surface area contributed by atoms with Crippen LogP contribution in [0, 0.1) is 10.1 Å². The van der Waals surface area contributed by atoms with E-state index in [9.17, 15) is 19.7 Å². The van der Waals surface area contributed by atoms with Gasteiger partial charge in [0.2, 0.25) is 0 Å². The highest BCUT2D eigenvalue weighted by atomic mass is 32.1. The van der Waals surface area contributed by atoms with Gasteiger partial charge < -0.3 is 18.9 Å². The van der Waals surface area contributed by atoms with Crippen LogP contribution in [0.2, 0.25) is 0 Å². The normalized spacial score (nSPS) is 14.4. The molecule has 11 nitrogen and oxygen atoms in total. The van der Waals surface area contributed by atoms with Crippen LogP contribution in [0.3, 0.4) is 0 Å². The predicted molar refractivity (Wildman–Crippen MR) is 168 cm³/mol. The second-order valence-electron chi connectivity index (χ2n) is 9.89. The number of thiazole rings is 1. The first kappa shape index (κ1) is 31.2. The first-order valence-corrected chi connectivity index (χ1v) is 15.0. The molecule has 0 aliphatic carbocycles. The van der Waals surface area contributed by atoms with Gasteiger partial charge in [-0.1, -0.05) is 41.7 Å². The van der Waals surface area contributed by atoms with Crippen molar-refractivity contribution in [2.75, 3.05) is 20.3 Å². The summed E-state index contributed by atoms with van der Waals surface area (Å²) in [4.78, 5) is 43.1. The smallest absolute Gasteiger partial charge is 0.338 e. The van der Waals surface area contributed by atoms with Crippen LogP contribution in [0.15, 0.2) is 87.8 Å². The van der Waals surface area contributed by atoms with Crippen LogP contribution >= 0.6 is 11.3 Å². The Morgan fingerprint density at radius 2 is 1.80 bits per heavy atom. The van der Waals surface area contributed by atoms with Crippen LogP contribution in [0.25, 0.3) is 6.08 Å². The second-order valence-corrected chi connectivity index (χ2v) is 10.9. The number of nitrogens with zero attached hydrogens (tertiary/aromatic N) is 3. The zero-order chi connectivity index (χ0) is 32.1. The zero-order valence-corrected chi connectivity index (χ0v) is 26.0. The number of nitro groups is 1. The summed E-state index contributed by atoms with van der Waals surface area (Å²) in [6.07, 6.45) is 1.73. The summed E-state index contributed by atoms with van der Waals surface area (Å²) in [5, 5.41) is 11.4. The standard InChI is InChI=1S/C33H31N3O8S/c1-5-42-27-17-21(11-16-26(27)44-19-23-9-7-8-10-25(23)36(39)40)18-28-31(37)35-30(22-12-14-24(41-4)15-13-22)29(32(38)43-6-2)20(3)34-33(35)45-28/h7-18,30H,5-6,19H2,1-4H3/b28-18+. The molecule has 0 amide bonds. The van der Waals surface area contributed by atoms with Crippen LogP contribution in [0.5, 0.6) is 17.2 Å². The van der Waals surface area contributed by atoms with Gasteiger partial charge in [0.1, 0.15) is 12.4 Å². The molecule has 45 heavy (non-hydrogen) atoms. The molecule has 0 saturated carbocycles. The van der Waals surface area contributed by atoms with Gasteiger partial charge >= 0.3 is 5.97 Å². The molecule has 1 unspecified atom stereocenters. The molecule has 5 rings (SSSR count). The summed E-state index contributed by atoms with van der Waals surface area (Å²) in [5.74, 6) is 0.938. The van der Waals surface area contributed by atoms with Crippen LogP contribution in [0.1, 0.15) is 43.5 Å². The van der Waals surface area contributed by atoms with Crippen molar-refractivity contribution in [2.24, 2.45) is 4.99 Å². The molecule has 0 spiro atoms. The molecule has 1 atom stereocenters. The van der Waals surface area contributed by atoms with E-state index < -0.39 is 16.9 Å². The Labute approximate surface area is 262 Å². The quantitative estimate of drug-likeness (QED) is 0.133. The molecular weight excluding hydrogens is 598 g/mol. The van der Waals surface area contributed by atoms with Gasteiger partial charge in [-0.05, 0) is 68.3 Å². The molecule has 0 radical (unpaired) electrons. The van der Waals surface area contributed by atoms with Crippen molar-refractivity contribution in [2.45, 2.75) is 33.4 Å². The molecule has 12 heteroatoms. The molecule has 232 valence electrons. The number of esters is 1. The minimum Gasteiger partial charge on any atom is -0.497 e. The molecule has 0 fully saturated rings. The number of ether oxygens (including phenoxy) is 4. The van der Waals surface area contributed by atoms with Crippen molar-refractivity contribution >= 4 is 29.1 Å². The average Bonchev–Trinajstić information content (AvgIpc) is 3.34. The van der Waals surface area contributed by atoms with Crippen molar-refractivity contribution in [3.8, 4) is 17.2 Å². The summed E-state index contributed by atoms with van der Waals surface area (Å²) in [6.45, 7) is 5.80. The lowest BCUT2D eigenvalue weighted by Gasteiger charge is -2.24. The minimum atomic E-state index is -0.745. The van der Waals surface area contributed by atoms with Crippen LogP contribution < -0.4 is 29.1 Å². The Kier molecular flexibility index (Phi) is 9.43. The van der Waals surface area contributed by atoms with Gasteiger partial charge in [-0.2, -0.15) is 0 Å².